The van der Waals surface area contributed by atoms with Gasteiger partial charge in [-0.1, -0.05) is 0 Å². The first kappa shape index (κ1) is 11.4. The Balaban J connectivity index is 3.19. The molecule has 1 rings (SSSR count). The van der Waals surface area contributed by atoms with E-state index in [4.69, 9.17) is 4.74 Å². The Morgan fingerprint density at radius 1 is 1.40 bits per heavy atom. The van der Waals surface area contributed by atoms with Crippen molar-refractivity contribution in [2.75, 3.05) is 0 Å². The van der Waals surface area contributed by atoms with E-state index in [0.717, 1.165) is 0 Å². The average molecular weight is 210 g/mol. The number of hydrogen-bond donors (Lipinski definition) is 1. The van der Waals surface area contributed by atoms with Gasteiger partial charge in [-0.2, -0.15) is 5.10 Å². The summed E-state index contributed by atoms with van der Waals surface area (Å²) in [4.78, 5) is 23.0. The van der Waals surface area contributed by atoms with Gasteiger partial charge in [0.05, 0.1) is 11.8 Å². The van der Waals surface area contributed by atoms with Crippen molar-refractivity contribution in [1.82, 2.24) is 10.2 Å². The molecular weight excluding hydrogens is 196 g/mol. The Labute approximate surface area is 87.5 Å². The number of rotatable bonds is 2. The van der Waals surface area contributed by atoms with Crippen LogP contribution in [0.1, 0.15) is 35.5 Å². The second kappa shape index (κ2) is 4.25. The minimum absolute atomic E-state index is 0.0381. The monoisotopic (exact) mass is 210 g/mol. The number of aromatic nitrogens is 2. The van der Waals surface area contributed by atoms with Crippen molar-refractivity contribution in [2.24, 2.45) is 0 Å². The van der Waals surface area contributed by atoms with E-state index in [1.54, 1.807) is 27.7 Å². The molecule has 0 fully saturated rings. The number of esters is 1. The summed E-state index contributed by atoms with van der Waals surface area (Å²) in [5.74, 6) is -0.603. The molecule has 82 valence electrons. The maximum atomic E-state index is 11.6. The third-order valence-electron chi connectivity index (χ3n) is 2.02. The van der Waals surface area contributed by atoms with Gasteiger partial charge in [-0.05, 0) is 33.3 Å². The fraction of sp³-hybridized carbons (Fsp3) is 0.500. The lowest BCUT2D eigenvalue weighted by Crippen LogP contribution is -2.25. The van der Waals surface area contributed by atoms with Gasteiger partial charge in [-0.3, -0.25) is 4.79 Å². The van der Waals surface area contributed by atoms with E-state index in [9.17, 15) is 9.59 Å². The van der Waals surface area contributed by atoms with E-state index in [1.165, 1.54) is 0 Å². The molecule has 1 aromatic heterocycles. The molecule has 0 unspecified atom stereocenters. The summed E-state index contributed by atoms with van der Waals surface area (Å²) in [6, 6.07) is 0. The first-order chi connectivity index (χ1) is 6.93. The molecule has 5 nitrogen and oxygen atoms in total. The molecule has 0 radical (unpaired) electrons. The van der Waals surface area contributed by atoms with Crippen LogP contribution in [0.25, 0.3) is 0 Å². The number of ether oxygens (including phenoxy) is 1. The van der Waals surface area contributed by atoms with Crippen molar-refractivity contribution in [3.05, 3.63) is 27.2 Å². The predicted octanol–water partition coefficient (Wildman–Crippen LogP) is 0.952. The number of nitrogens with one attached hydrogen (secondary N) is 1. The van der Waals surface area contributed by atoms with Gasteiger partial charge in [0.1, 0.15) is 5.56 Å². The molecule has 0 aliphatic heterocycles. The summed E-state index contributed by atoms with van der Waals surface area (Å²) in [5, 5.41) is 6.01. The third kappa shape index (κ3) is 2.43. The van der Waals surface area contributed by atoms with Crippen LogP contribution in [-0.2, 0) is 4.74 Å². The molecule has 0 aliphatic rings. The second-order valence-corrected chi connectivity index (χ2v) is 3.59. The van der Waals surface area contributed by atoms with Crippen LogP contribution in [0.2, 0.25) is 0 Å². The molecule has 0 aliphatic carbocycles. The maximum Gasteiger partial charge on any atom is 0.344 e. The van der Waals surface area contributed by atoms with Gasteiger partial charge in [0.2, 0.25) is 0 Å². The number of aryl methyl sites for hydroxylation is 1. The van der Waals surface area contributed by atoms with E-state index in [0.29, 0.717) is 11.3 Å². The molecule has 0 saturated heterocycles. The highest BCUT2D eigenvalue weighted by molar-refractivity contribution is 5.90. The molecule has 0 saturated carbocycles. The van der Waals surface area contributed by atoms with Crippen LogP contribution in [0.3, 0.4) is 0 Å². The Morgan fingerprint density at radius 2 is 2.00 bits per heavy atom. The molecule has 5 heteroatoms. The van der Waals surface area contributed by atoms with Gasteiger partial charge in [-0.25, -0.2) is 9.89 Å². The van der Waals surface area contributed by atoms with Crippen molar-refractivity contribution in [1.29, 1.82) is 0 Å². The smallest absolute Gasteiger partial charge is 0.344 e. The maximum absolute atomic E-state index is 11.6. The summed E-state index contributed by atoms with van der Waals surface area (Å²) in [6.07, 6.45) is -0.246. The Bertz CT molecular complexity index is 435. The number of carbonyl (C=O) groups excluding carboxylic acids is 1. The lowest BCUT2D eigenvalue weighted by atomic mass is 10.1. The van der Waals surface area contributed by atoms with E-state index in [2.05, 4.69) is 10.2 Å². The fourth-order valence-electron chi connectivity index (χ4n) is 1.14. The van der Waals surface area contributed by atoms with Gasteiger partial charge in [0.25, 0.3) is 5.56 Å². The molecular formula is C10H14N2O3. The summed E-state index contributed by atoms with van der Waals surface area (Å²) >= 11 is 0. The average Bonchev–Trinajstić information content (AvgIpc) is 2.11. The molecule has 1 N–H and O–H groups in total. The van der Waals surface area contributed by atoms with E-state index in [1.807, 2.05) is 0 Å². The highest BCUT2D eigenvalue weighted by Gasteiger charge is 2.18. The highest BCUT2D eigenvalue weighted by Crippen LogP contribution is 2.07. The number of H-pyrrole nitrogens is 1. The second-order valence-electron chi connectivity index (χ2n) is 3.59. The molecule has 0 bridgehead atoms. The minimum atomic E-state index is -0.603. The van der Waals surface area contributed by atoms with Crippen molar-refractivity contribution < 1.29 is 9.53 Å². The summed E-state index contributed by atoms with van der Waals surface area (Å²) < 4.78 is 4.97. The topological polar surface area (TPSA) is 72.0 Å². The summed E-state index contributed by atoms with van der Waals surface area (Å²) in [6.45, 7) is 6.86. The van der Waals surface area contributed by atoms with Crippen LogP contribution in [0, 0.1) is 13.8 Å². The predicted molar refractivity (Wildman–Crippen MR) is 54.9 cm³/mol. The molecule has 0 aromatic carbocycles. The molecule has 0 amide bonds. The van der Waals surface area contributed by atoms with Crippen LogP contribution < -0.4 is 5.56 Å². The van der Waals surface area contributed by atoms with Crippen molar-refractivity contribution in [2.45, 2.75) is 33.8 Å². The van der Waals surface area contributed by atoms with Crippen LogP contribution in [0.15, 0.2) is 4.79 Å². The zero-order valence-electron chi connectivity index (χ0n) is 9.25. The first-order valence-corrected chi connectivity index (χ1v) is 4.70. The van der Waals surface area contributed by atoms with Gasteiger partial charge in [0, 0.05) is 0 Å². The van der Waals surface area contributed by atoms with Crippen LogP contribution >= 0.6 is 0 Å². The van der Waals surface area contributed by atoms with Crippen molar-refractivity contribution in [3.63, 3.8) is 0 Å². The summed E-state index contributed by atoms with van der Waals surface area (Å²) in [7, 11) is 0. The summed E-state index contributed by atoms with van der Waals surface area (Å²) in [5.41, 5.74) is 0.703. The van der Waals surface area contributed by atoms with Gasteiger partial charge < -0.3 is 4.74 Å². The van der Waals surface area contributed by atoms with E-state index < -0.39 is 11.5 Å². The SMILES string of the molecule is Cc1n[nH]c(=O)c(C(=O)OC(C)C)c1C. The number of carbonyl (C=O) groups is 1. The normalized spacial score (nSPS) is 10.5. The Kier molecular flexibility index (Phi) is 3.24. The zero-order chi connectivity index (χ0) is 11.6. The van der Waals surface area contributed by atoms with Crippen LogP contribution in [0.4, 0.5) is 0 Å². The third-order valence-corrected chi connectivity index (χ3v) is 2.02. The van der Waals surface area contributed by atoms with Gasteiger partial charge in [0.15, 0.2) is 0 Å². The first-order valence-electron chi connectivity index (χ1n) is 4.70. The Hall–Kier alpha value is -1.65. The number of nitrogens with zero attached hydrogens (tertiary/aromatic N) is 1. The lowest BCUT2D eigenvalue weighted by Gasteiger charge is -2.09. The quantitative estimate of drug-likeness (QED) is 0.738. The van der Waals surface area contributed by atoms with E-state index in [-0.39, 0.29) is 11.7 Å². The van der Waals surface area contributed by atoms with Gasteiger partial charge in [-0.15, -0.1) is 0 Å². The minimum Gasteiger partial charge on any atom is -0.459 e. The van der Waals surface area contributed by atoms with Crippen molar-refractivity contribution in [3.8, 4) is 0 Å². The van der Waals surface area contributed by atoms with Gasteiger partial charge >= 0.3 is 5.97 Å². The standard InChI is InChI=1S/C10H14N2O3/c1-5(2)15-10(14)8-6(3)7(4)11-12-9(8)13/h5H,1-4H3,(H,12,13). The largest absolute Gasteiger partial charge is 0.459 e. The van der Waals surface area contributed by atoms with Crippen molar-refractivity contribution >= 4 is 5.97 Å². The molecule has 1 heterocycles. The highest BCUT2D eigenvalue weighted by atomic mass is 16.5. The van der Waals surface area contributed by atoms with Crippen LogP contribution in [0.5, 0.6) is 0 Å². The number of hydrogen-bond acceptors (Lipinski definition) is 4. The molecule has 0 atom stereocenters. The number of aromatic amines is 1. The fourth-order valence-corrected chi connectivity index (χ4v) is 1.14. The molecule has 15 heavy (non-hydrogen) atoms. The van der Waals surface area contributed by atoms with E-state index >= 15 is 0 Å². The van der Waals surface area contributed by atoms with Crippen LogP contribution in [-0.4, -0.2) is 22.3 Å². The lowest BCUT2D eigenvalue weighted by molar-refractivity contribution is 0.0374. The molecule has 1 aromatic rings. The molecule has 0 spiro atoms. The zero-order valence-corrected chi connectivity index (χ0v) is 9.25. The Morgan fingerprint density at radius 3 is 2.53 bits per heavy atom.